The zero-order valence-electron chi connectivity index (χ0n) is 80.6. The third-order valence-corrected chi connectivity index (χ3v) is 28.3. The summed E-state index contributed by atoms with van der Waals surface area (Å²) in [4.78, 5) is 96.2. The number of aryl methyl sites for hydroxylation is 3. The number of piperazine rings is 3. The summed E-state index contributed by atoms with van der Waals surface area (Å²) in [6.07, 6.45) is 14.3. The van der Waals surface area contributed by atoms with Crippen molar-refractivity contribution in [1.29, 1.82) is 10.5 Å². The molecule has 8 atom stereocenters. The number of ether oxygens (including phenoxy) is 4. The summed E-state index contributed by atoms with van der Waals surface area (Å²) in [6, 6.07) is 34.4. The molecule has 34 heteroatoms. The lowest BCUT2D eigenvalue weighted by Crippen LogP contribution is -2.55. The molecule has 0 spiro atoms. The normalized spacial score (nSPS) is 23.2. The van der Waals surface area contributed by atoms with E-state index in [1.165, 1.54) is 90.9 Å². The first-order chi connectivity index (χ1) is 65.5. The van der Waals surface area contributed by atoms with Crippen molar-refractivity contribution in [3.8, 4) is 30.2 Å². The first-order valence-electron chi connectivity index (χ1n) is 47.6. The SMILES string of the molecule is COC/C=C/C(=O)N1CCN(c2nc(OC[C@@H]3CC(C)(F)CN3C)nc3c2CCN(c2cccc4cccc(C)c24)C3)C[C@@H]1CC#N.Cc1cc2[nH]ccc2c(N2CCc3c(nc(OC[C@@H]4CC(C)(F)CN4C)nc3N3CCN(C(=O)/C=C/CF)CC3)C2)c1C.Cc1cccc2cccc(N3CCc4c(nc(OC[C@@H]5CC(C)(F)CN5C)nc4N4CCN(C(=O)/C=C/CO)[C@@H](CC#N)C4)C3)c12.S. The van der Waals surface area contributed by atoms with E-state index in [4.69, 9.17) is 54.0 Å². The Morgan fingerprint density at radius 2 is 0.912 bits per heavy atom. The predicted octanol–water partition coefficient (Wildman–Crippen LogP) is 12.5. The summed E-state index contributed by atoms with van der Waals surface area (Å²) in [5.74, 6) is 1.88. The third kappa shape index (κ3) is 22.8. The van der Waals surface area contributed by atoms with Crippen LogP contribution in [0.3, 0.4) is 0 Å². The molecular formula is C103H129F4N21O8S. The summed E-state index contributed by atoms with van der Waals surface area (Å²) in [7, 11) is 7.33. The van der Waals surface area contributed by atoms with Crippen LogP contribution < -0.4 is 43.6 Å². The molecule has 29 nitrogen and oxygen atoms in total. The van der Waals surface area contributed by atoms with Crippen LogP contribution in [0.2, 0.25) is 0 Å². The molecule has 3 unspecified atom stereocenters. The number of halogens is 4. The predicted molar refractivity (Wildman–Crippen MR) is 531 cm³/mol. The fourth-order valence-corrected chi connectivity index (χ4v) is 21.5. The fraction of sp³-hybridized carbons (Fsp3) is 0.505. The number of carbonyl (C=O) groups is 3. The maximum atomic E-state index is 14.8. The number of hydrogen-bond donors (Lipinski definition) is 2. The maximum Gasteiger partial charge on any atom is 0.318 e. The number of benzene rings is 5. The highest BCUT2D eigenvalue weighted by Crippen LogP contribution is 2.43. The summed E-state index contributed by atoms with van der Waals surface area (Å²) in [5.41, 5.74) is 11.8. The molecule has 2 N–H and O–H groups in total. The van der Waals surface area contributed by atoms with Gasteiger partial charge in [-0.15, -0.1) is 0 Å². The number of H-pyrrole nitrogens is 1. The van der Waals surface area contributed by atoms with E-state index in [2.05, 4.69) is 159 Å². The number of carbonyl (C=O) groups excluding carboxylic acids is 3. The van der Waals surface area contributed by atoms with Crippen LogP contribution in [-0.4, -0.2) is 307 Å². The second-order valence-electron chi connectivity index (χ2n) is 38.6. The second-order valence-corrected chi connectivity index (χ2v) is 38.6. The Morgan fingerprint density at radius 3 is 1.33 bits per heavy atom. The number of anilines is 6. The van der Waals surface area contributed by atoms with Crippen molar-refractivity contribution in [3.05, 3.63) is 184 Å². The highest BCUT2D eigenvalue weighted by Gasteiger charge is 2.44. The van der Waals surface area contributed by atoms with E-state index in [0.717, 1.165) is 101 Å². The zero-order chi connectivity index (χ0) is 95.9. The lowest BCUT2D eigenvalue weighted by Gasteiger charge is -2.42. The average Bonchev–Trinajstić information content (AvgIpc) is 1.71. The molecule has 9 aliphatic rings. The van der Waals surface area contributed by atoms with Crippen molar-refractivity contribution in [2.45, 2.75) is 167 Å². The highest BCUT2D eigenvalue weighted by atomic mass is 32.1. The van der Waals surface area contributed by atoms with E-state index < -0.39 is 23.7 Å². The van der Waals surface area contributed by atoms with Gasteiger partial charge in [-0.1, -0.05) is 72.8 Å². The summed E-state index contributed by atoms with van der Waals surface area (Å²) in [5, 5.41) is 34.5. The number of aromatic amines is 1. The molecule has 6 fully saturated rings. The van der Waals surface area contributed by atoms with Gasteiger partial charge in [0.1, 0.15) is 61.0 Å². The number of likely N-dealkylation sites (tertiary alicyclic amines) is 3. The number of alkyl halides is 4. The minimum absolute atomic E-state index is 0. The number of allylic oxidation sites excluding steroid dienone is 1. The third-order valence-electron chi connectivity index (χ3n) is 28.3. The molecule has 0 bridgehead atoms. The van der Waals surface area contributed by atoms with Gasteiger partial charge in [-0.3, -0.25) is 29.1 Å². The van der Waals surface area contributed by atoms with Gasteiger partial charge in [0.25, 0.3) is 0 Å². The Labute approximate surface area is 807 Å². The van der Waals surface area contributed by atoms with Gasteiger partial charge in [0.15, 0.2) is 0 Å². The fourth-order valence-electron chi connectivity index (χ4n) is 21.5. The van der Waals surface area contributed by atoms with E-state index in [0.29, 0.717) is 143 Å². The van der Waals surface area contributed by atoms with Gasteiger partial charge in [-0.05, 0) is 152 Å². The Kier molecular flexibility index (Phi) is 31.5. The summed E-state index contributed by atoms with van der Waals surface area (Å²) in [6.45, 7) is 24.2. The van der Waals surface area contributed by atoms with Crippen LogP contribution in [-0.2, 0) is 58.0 Å². The number of aliphatic hydroxyl groups is 1. The summed E-state index contributed by atoms with van der Waals surface area (Å²) >= 11 is 0. The van der Waals surface area contributed by atoms with Crippen molar-refractivity contribution < 1.29 is 56.0 Å². The first-order valence-corrected chi connectivity index (χ1v) is 47.6. The number of aromatic nitrogens is 7. The molecule has 728 valence electrons. The van der Waals surface area contributed by atoms with Crippen LogP contribution >= 0.6 is 13.5 Å². The van der Waals surface area contributed by atoms with Gasteiger partial charge in [0.2, 0.25) is 17.7 Å². The lowest BCUT2D eigenvalue weighted by atomic mass is 9.99. The molecule has 13 heterocycles. The average molecular weight is 1900 g/mol. The monoisotopic (exact) mass is 1900 g/mol. The molecule has 6 saturated heterocycles. The standard InChI is InChI=1S/C36H44FN7O3.C35H42FN7O3.C32H41F2N7O2.H2S/c1-25-8-5-9-26-10-6-11-31(33(25)26)42-16-14-29-30(22-42)39-35(47-23-28-20-36(2,37)24-41(28)3)40-34(29)43-17-18-44(27(21-43)13-15-38)32(45)12-7-19-46-4;1-24-7-4-8-25-9-5-10-30(32(24)25)41-15-13-28-29(21-41)38-34(46-22-27-19-35(2,36)23-40(27)3)39-33(28)42-16-17-43(26(20-42)12-14-37)31(45)11-6-18-44;1-21-16-26-24(7-10-35-26)29(22(21)2)41-11-8-25-27(18-41)36-31(43-19-23-17-32(3,34)20-38(23)4)37-30(25)40-14-12-39(13-15-40)28(42)6-5-9-33;/h5-12,27-28H,13-14,16-24H2,1-4H3;4-11,26-27,44H,12-13,15-23H2,1-3H3;5-7,10,16,23,35H,8-9,11-15,17-20H2,1-4H3;1H2/b12-7+;11-6+;6-5+;/t27-,28-,36?;26-,27-,35?;23-,32?;/m000./s1. The van der Waals surface area contributed by atoms with Gasteiger partial charge in [-0.2, -0.15) is 53.9 Å². The number of rotatable bonds is 24. The van der Waals surface area contributed by atoms with Crippen LogP contribution in [0, 0.1) is 50.4 Å². The van der Waals surface area contributed by atoms with Crippen molar-refractivity contribution in [2.24, 2.45) is 0 Å². The van der Waals surface area contributed by atoms with Crippen molar-refractivity contribution in [3.63, 3.8) is 0 Å². The minimum Gasteiger partial charge on any atom is -0.462 e. The topological polar surface area (TPSA) is 288 Å². The van der Waals surface area contributed by atoms with Gasteiger partial charge in [0.05, 0.1) is 87.0 Å². The number of methoxy groups -OCH3 is 1. The minimum atomic E-state index is -1.26. The van der Waals surface area contributed by atoms with Crippen molar-refractivity contribution >= 4 is 98.2 Å². The highest BCUT2D eigenvalue weighted by molar-refractivity contribution is 7.59. The van der Waals surface area contributed by atoms with E-state index in [1.807, 2.05) is 42.0 Å². The Bertz CT molecular complexity index is 6030. The quantitative estimate of drug-likeness (QED) is 0.0420. The van der Waals surface area contributed by atoms with Gasteiger partial charge in [0, 0.05) is 229 Å². The Hall–Kier alpha value is -11.9. The second kappa shape index (κ2) is 43.4. The van der Waals surface area contributed by atoms with Crippen molar-refractivity contribution in [2.75, 3.05) is 202 Å². The van der Waals surface area contributed by atoms with Gasteiger partial charge < -0.3 is 73.1 Å². The van der Waals surface area contributed by atoms with E-state index in [-0.39, 0.29) is 106 Å². The number of likely N-dealkylation sites (N-methyl/N-ethyl adjacent to an activating group) is 3. The summed E-state index contributed by atoms with van der Waals surface area (Å²) < 4.78 is 80.5. The molecule has 9 aromatic rings. The molecular weight excluding hydrogens is 1770 g/mol. The van der Waals surface area contributed by atoms with Crippen LogP contribution in [0.25, 0.3) is 32.4 Å². The van der Waals surface area contributed by atoms with Crippen LogP contribution in [0.5, 0.6) is 18.0 Å². The number of amides is 3. The van der Waals surface area contributed by atoms with Crippen LogP contribution in [0.4, 0.5) is 52.1 Å². The van der Waals surface area contributed by atoms with Gasteiger partial charge in [-0.25, -0.2) is 17.6 Å². The largest absolute Gasteiger partial charge is 0.462 e. The molecule has 137 heavy (non-hydrogen) atoms. The molecule has 3 amide bonds. The smallest absolute Gasteiger partial charge is 0.318 e. The molecule has 0 saturated carbocycles. The number of nitrogens with zero attached hydrogens (tertiary/aromatic N) is 20. The number of aliphatic hydroxyl groups excluding tert-OH is 1. The Balaban J connectivity index is 0.000000156. The van der Waals surface area contributed by atoms with E-state index >= 15 is 0 Å². The number of nitriles is 2. The molecule has 5 aromatic carbocycles. The van der Waals surface area contributed by atoms with E-state index in [1.54, 1.807) is 48.7 Å². The number of fused-ring (bicyclic) bond motifs is 6. The molecule has 4 aromatic heterocycles. The maximum absolute atomic E-state index is 14.8. The number of hydrogen-bond acceptors (Lipinski definition) is 25. The van der Waals surface area contributed by atoms with Crippen LogP contribution in [0.15, 0.2) is 128 Å². The lowest BCUT2D eigenvalue weighted by molar-refractivity contribution is -0.129. The zero-order valence-corrected chi connectivity index (χ0v) is 81.6. The van der Waals surface area contributed by atoms with Crippen LogP contribution in [0.1, 0.15) is 109 Å². The van der Waals surface area contributed by atoms with Crippen molar-refractivity contribution in [1.82, 2.24) is 64.3 Å². The molecule has 0 aliphatic carbocycles. The molecule has 9 aliphatic heterocycles. The van der Waals surface area contributed by atoms with Gasteiger partial charge >= 0.3 is 18.0 Å². The van der Waals surface area contributed by atoms with E-state index in [9.17, 15) is 42.5 Å². The Morgan fingerprint density at radius 1 is 0.504 bits per heavy atom. The molecule has 18 rings (SSSR count). The molecule has 0 radical (unpaired) electrons. The first kappa shape index (κ1) is 99.6. The number of nitrogens with one attached hydrogen (secondary N) is 1.